The standard InChI is InChI=1S/C5H6N2O2/c1-2-4-5(3-8)7-9-6-4/h3H,2H2,1H3. The Kier molecular flexibility index (Phi) is 1.58. The Morgan fingerprint density at radius 2 is 2.44 bits per heavy atom. The van der Waals surface area contributed by atoms with Gasteiger partial charge >= 0.3 is 0 Å². The van der Waals surface area contributed by atoms with Crippen molar-refractivity contribution in [1.29, 1.82) is 0 Å². The van der Waals surface area contributed by atoms with Crippen molar-refractivity contribution in [2.75, 3.05) is 0 Å². The fraction of sp³-hybridized carbons (Fsp3) is 0.400. The minimum atomic E-state index is 0.303. The van der Waals surface area contributed by atoms with Crippen LogP contribution in [0.3, 0.4) is 0 Å². The van der Waals surface area contributed by atoms with E-state index in [2.05, 4.69) is 14.9 Å². The average molecular weight is 126 g/mol. The molecule has 1 aromatic heterocycles. The Bertz CT molecular complexity index is 206. The predicted molar refractivity (Wildman–Crippen MR) is 29.1 cm³/mol. The zero-order chi connectivity index (χ0) is 6.69. The van der Waals surface area contributed by atoms with Crippen LogP contribution in [0, 0.1) is 0 Å². The molecule has 1 aromatic rings. The lowest BCUT2D eigenvalue weighted by Gasteiger charge is -1.79. The summed E-state index contributed by atoms with van der Waals surface area (Å²) in [6.45, 7) is 1.88. The molecule has 0 fully saturated rings. The normalized spacial score (nSPS) is 9.44. The summed E-state index contributed by atoms with van der Waals surface area (Å²) in [5, 5.41) is 6.84. The van der Waals surface area contributed by atoms with Gasteiger partial charge in [0.25, 0.3) is 0 Å². The van der Waals surface area contributed by atoms with Gasteiger partial charge in [-0.15, -0.1) is 0 Å². The van der Waals surface area contributed by atoms with Crippen LogP contribution >= 0.6 is 0 Å². The molecule has 0 aromatic carbocycles. The third-order valence-electron chi connectivity index (χ3n) is 1.03. The fourth-order valence-electron chi connectivity index (χ4n) is 0.548. The second-order valence-electron chi connectivity index (χ2n) is 1.57. The van der Waals surface area contributed by atoms with Crippen LogP contribution in [0.25, 0.3) is 0 Å². The number of nitrogens with zero attached hydrogens (tertiary/aromatic N) is 2. The number of hydrogen-bond donors (Lipinski definition) is 0. The minimum Gasteiger partial charge on any atom is -0.296 e. The quantitative estimate of drug-likeness (QED) is 0.539. The lowest BCUT2D eigenvalue weighted by Crippen LogP contribution is -1.87. The number of aryl methyl sites for hydroxylation is 1. The molecule has 4 nitrogen and oxygen atoms in total. The molecule has 1 rings (SSSR count). The molecule has 0 aliphatic rings. The van der Waals surface area contributed by atoms with E-state index in [-0.39, 0.29) is 0 Å². The van der Waals surface area contributed by atoms with Gasteiger partial charge in [0.2, 0.25) is 0 Å². The van der Waals surface area contributed by atoms with Gasteiger partial charge in [0, 0.05) is 0 Å². The van der Waals surface area contributed by atoms with Gasteiger partial charge in [-0.3, -0.25) is 4.79 Å². The molecule has 0 amide bonds. The Balaban J connectivity index is 2.98. The van der Waals surface area contributed by atoms with Crippen LogP contribution in [0.1, 0.15) is 23.1 Å². The van der Waals surface area contributed by atoms with E-state index in [0.29, 0.717) is 24.1 Å². The molecule has 0 N–H and O–H groups in total. The average Bonchev–Trinajstić information content (AvgIpc) is 2.33. The van der Waals surface area contributed by atoms with Crippen molar-refractivity contribution < 1.29 is 9.42 Å². The molecule has 0 spiro atoms. The van der Waals surface area contributed by atoms with E-state index in [1.807, 2.05) is 6.92 Å². The lowest BCUT2D eigenvalue weighted by atomic mass is 10.3. The van der Waals surface area contributed by atoms with Crippen LogP contribution in [-0.2, 0) is 6.42 Å². The van der Waals surface area contributed by atoms with Crippen LogP contribution in [0.4, 0.5) is 0 Å². The summed E-state index contributed by atoms with van der Waals surface area (Å²) in [7, 11) is 0. The van der Waals surface area contributed by atoms with Crippen LogP contribution in [0.2, 0.25) is 0 Å². The Hall–Kier alpha value is -1.19. The second kappa shape index (κ2) is 2.39. The zero-order valence-electron chi connectivity index (χ0n) is 5.00. The van der Waals surface area contributed by atoms with E-state index in [0.717, 1.165) is 0 Å². The number of carbonyl (C=O) groups is 1. The summed E-state index contributed by atoms with van der Waals surface area (Å²) in [6, 6.07) is 0. The van der Waals surface area contributed by atoms with Gasteiger partial charge in [-0.1, -0.05) is 12.1 Å². The van der Waals surface area contributed by atoms with E-state index in [9.17, 15) is 4.79 Å². The number of hydrogen-bond acceptors (Lipinski definition) is 4. The molecular weight excluding hydrogens is 120 g/mol. The summed E-state index contributed by atoms with van der Waals surface area (Å²) >= 11 is 0. The number of rotatable bonds is 2. The SMILES string of the molecule is CCc1nonc1C=O. The highest BCUT2D eigenvalue weighted by Crippen LogP contribution is 1.98. The molecule has 0 radical (unpaired) electrons. The summed E-state index contributed by atoms with van der Waals surface area (Å²) in [4.78, 5) is 10.1. The van der Waals surface area contributed by atoms with E-state index in [4.69, 9.17) is 0 Å². The maximum absolute atomic E-state index is 10.1. The van der Waals surface area contributed by atoms with Crippen LogP contribution in [0.5, 0.6) is 0 Å². The number of aldehydes is 1. The van der Waals surface area contributed by atoms with Gasteiger partial charge in [-0.05, 0) is 11.6 Å². The first kappa shape index (κ1) is 5.94. The van der Waals surface area contributed by atoms with Gasteiger partial charge in [-0.2, -0.15) is 0 Å². The minimum absolute atomic E-state index is 0.303. The molecule has 0 atom stereocenters. The third kappa shape index (κ3) is 0.960. The van der Waals surface area contributed by atoms with Crippen LogP contribution in [0.15, 0.2) is 4.63 Å². The summed E-state index contributed by atoms with van der Waals surface area (Å²) in [6.07, 6.45) is 1.31. The molecule has 0 bridgehead atoms. The topological polar surface area (TPSA) is 56.0 Å². The van der Waals surface area contributed by atoms with Gasteiger partial charge < -0.3 is 0 Å². The molecule has 0 aliphatic carbocycles. The van der Waals surface area contributed by atoms with Gasteiger partial charge in [0.15, 0.2) is 12.0 Å². The van der Waals surface area contributed by atoms with Crippen molar-refractivity contribution in [3.05, 3.63) is 11.4 Å². The lowest BCUT2D eigenvalue weighted by molar-refractivity contribution is 0.111. The predicted octanol–water partition coefficient (Wildman–Crippen LogP) is 0.445. The van der Waals surface area contributed by atoms with E-state index in [1.165, 1.54) is 0 Å². The van der Waals surface area contributed by atoms with E-state index in [1.54, 1.807) is 0 Å². The molecule has 1 heterocycles. The molecule has 9 heavy (non-hydrogen) atoms. The molecule has 0 saturated carbocycles. The first-order valence-electron chi connectivity index (χ1n) is 2.65. The molecule has 4 heteroatoms. The van der Waals surface area contributed by atoms with E-state index >= 15 is 0 Å². The van der Waals surface area contributed by atoms with Crippen molar-refractivity contribution in [2.45, 2.75) is 13.3 Å². The highest BCUT2D eigenvalue weighted by molar-refractivity contribution is 5.72. The van der Waals surface area contributed by atoms with Gasteiger partial charge in [0.05, 0.1) is 0 Å². The number of carbonyl (C=O) groups excluding carboxylic acids is 1. The van der Waals surface area contributed by atoms with Gasteiger partial charge in [-0.25, -0.2) is 4.63 Å². The maximum atomic E-state index is 10.1. The zero-order valence-corrected chi connectivity index (χ0v) is 5.00. The molecule has 48 valence electrons. The molecular formula is C5H6N2O2. The van der Waals surface area contributed by atoms with Crippen LogP contribution < -0.4 is 0 Å². The van der Waals surface area contributed by atoms with Crippen molar-refractivity contribution in [1.82, 2.24) is 10.3 Å². The molecule has 0 saturated heterocycles. The smallest absolute Gasteiger partial charge is 0.173 e. The summed E-state index contributed by atoms with van der Waals surface area (Å²) < 4.78 is 4.30. The number of aromatic nitrogens is 2. The van der Waals surface area contributed by atoms with Crippen LogP contribution in [-0.4, -0.2) is 16.6 Å². The first-order valence-corrected chi connectivity index (χ1v) is 2.65. The molecule has 0 aliphatic heterocycles. The third-order valence-corrected chi connectivity index (χ3v) is 1.03. The van der Waals surface area contributed by atoms with Crippen molar-refractivity contribution >= 4 is 6.29 Å². The Morgan fingerprint density at radius 3 is 2.89 bits per heavy atom. The highest BCUT2D eigenvalue weighted by atomic mass is 16.6. The maximum Gasteiger partial charge on any atom is 0.173 e. The molecule has 0 unspecified atom stereocenters. The van der Waals surface area contributed by atoms with Crippen molar-refractivity contribution in [2.24, 2.45) is 0 Å². The highest BCUT2D eigenvalue weighted by Gasteiger charge is 2.03. The van der Waals surface area contributed by atoms with Gasteiger partial charge in [0.1, 0.15) is 5.69 Å². The first-order chi connectivity index (χ1) is 4.38. The Morgan fingerprint density at radius 1 is 1.67 bits per heavy atom. The second-order valence-corrected chi connectivity index (χ2v) is 1.57. The Labute approximate surface area is 51.8 Å². The van der Waals surface area contributed by atoms with E-state index < -0.39 is 0 Å². The largest absolute Gasteiger partial charge is 0.296 e. The summed E-state index contributed by atoms with van der Waals surface area (Å²) in [5.74, 6) is 0. The summed E-state index contributed by atoms with van der Waals surface area (Å²) in [5.41, 5.74) is 0.919. The fourth-order valence-corrected chi connectivity index (χ4v) is 0.548. The van der Waals surface area contributed by atoms with Crippen molar-refractivity contribution in [3.8, 4) is 0 Å². The monoisotopic (exact) mass is 126 g/mol. The van der Waals surface area contributed by atoms with Crippen molar-refractivity contribution in [3.63, 3.8) is 0 Å².